The van der Waals surface area contributed by atoms with Gasteiger partial charge in [-0.1, -0.05) is 28.1 Å². The van der Waals surface area contributed by atoms with Crippen LogP contribution >= 0.6 is 15.9 Å². The third-order valence-corrected chi connectivity index (χ3v) is 5.20. The maximum Gasteiger partial charge on any atom is 0.234 e. The van der Waals surface area contributed by atoms with E-state index in [1.807, 2.05) is 17.0 Å². The highest BCUT2D eigenvalue weighted by Gasteiger charge is 2.22. The highest BCUT2D eigenvalue weighted by atomic mass is 79.9. The Morgan fingerprint density at radius 3 is 2.39 bits per heavy atom. The summed E-state index contributed by atoms with van der Waals surface area (Å²) in [5.74, 6) is -0.0327. The lowest BCUT2D eigenvalue weighted by Crippen LogP contribution is -2.51. The standard InChI is InChI=1S/C20H28BrN3O4/c1-28-14-2-9-22-19(26)15-23-10-12-24(13-11-23)20(27)8-7-18(25)16-3-5-17(21)6-4-16/h3-6H,2,7-15H2,1H3,(H,22,26). The Labute approximate surface area is 174 Å². The van der Waals surface area contributed by atoms with Crippen molar-refractivity contribution in [1.29, 1.82) is 0 Å². The van der Waals surface area contributed by atoms with Gasteiger partial charge in [-0.25, -0.2) is 0 Å². The van der Waals surface area contributed by atoms with Crippen LogP contribution in [0.2, 0.25) is 0 Å². The van der Waals surface area contributed by atoms with Crippen molar-refractivity contribution in [1.82, 2.24) is 15.1 Å². The molecule has 2 amide bonds. The Hall–Kier alpha value is -1.77. The summed E-state index contributed by atoms with van der Waals surface area (Å²) in [4.78, 5) is 40.3. The zero-order valence-electron chi connectivity index (χ0n) is 16.3. The highest BCUT2D eigenvalue weighted by Crippen LogP contribution is 2.13. The van der Waals surface area contributed by atoms with Crippen LogP contribution in [0.25, 0.3) is 0 Å². The number of nitrogens with zero attached hydrogens (tertiary/aromatic N) is 2. The number of Topliss-reactive ketones (excluding diaryl/α,β-unsaturated/α-hetero) is 1. The summed E-state index contributed by atoms with van der Waals surface area (Å²) < 4.78 is 5.87. The quantitative estimate of drug-likeness (QED) is 0.430. The van der Waals surface area contributed by atoms with Crippen LogP contribution in [-0.2, 0) is 14.3 Å². The van der Waals surface area contributed by atoms with E-state index in [9.17, 15) is 14.4 Å². The van der Waals surface area contributed by atoms with Crippen molar-refractivity contribution in [2.24, 2.45) is 0 Å². The number of rotatable bonds is 10. The van der Waals surface area contributed by atoms with Gasteiger partial charge >= 0.3 is 0 Å². The van der Waals surface area contributed by atoms with Gasteiger partial charge in [0.1, 0.15) is 0 Å². The molecule has 8 heteroatoms. The minimum absolute atomic E-state index is 0.00373. The molecule has 0 unspecified atom stereocenters. The van der Waals surface area contributed by atoms with Crippen molar-refractivity contribution in [3.05, 3.63) is 34.3 Å². The van der Waals surface area contributed by atoms with Crippen molar-refractivity contribution >= 4 is 33.5 Å². The largest absolute Gasteiger partial charge is 0.385 e. The van der Waals surface area contributed by atoms with Crippen molar-refractivity contribution in [3.8, 4) is 0 Å². The predicted molar refractivity (Wildman–Crippen MR) is 110 cm³/mol. The van der Waals surface area contributed by atoms with Crippen molar-refractivity contribution in [2.75, 3.05) is 53.0 Å². The molecule has 0 aliphatic carbocycles. The minimum Gasteiger partial charge on any atom is -0.385 e. The van der Waals surface area contributed by atoms with Crippen LogP contribution in [0.15, 0.2) is 28.7 Å². The Morgan fingerprint density at radius 2 is 1.75 bits per heavy atom. The number of ether oxygens (including phenoxy) is 1. The van der Waals surface area contributed by atoms with E-state index < -0.39 is 0 Å². The third kappa shape index (κ3) is 7.69. The van der Waals surface area contributed by atoms with Gasteiger partial charge < -0.3 is 15.0 Å². The second-order valence-corrected chi connectivity index (χ2v) is 7.70. The van der Waals surface area contributed by atoms with Gasteiger partial charge in [-0.15, -0.1) is 0 Å². The lowest BCUT2D eigenvalue weighted by Gasteiger charge is -2.34. The van der Waals surface area contributed by atoms with E-state index in [0.29, 0.717) is 51.4 Å². The second kappa shape index (κ2) is 11.9. The Bertz CT molecular complexity index is 658. The molecule has 0 radical (unpaired) electrons. The summed E-state index contributed by atoms with van der Waals surface area (Å²) in [7, 11) is 1.64. The molecular formula is C20H28BrN3O4. The molecule has 28 heavy (non-hydrogen) atoms. The van der Waals surface area contributed by atoms with Gasteiger partial charge in [-0.2, -0.15) is 0 Å². The topological polar surface area (TPSA) is 79.0 Å². The molecule has 2 rings (SSSR count). The lowest BCUT2D eigenvalue weighted by molar-refractivity contribution is -0.133. The summed E-state index contributed by atoms with van der Waals surface area (Å²) in [5, 5.41) is 2.87. The first kappa shape index (κ1) is 22.5. The molecule has 154 valence electrons. The number of piperazine rings is 1. The van der Waals surface area contributed by atoms with Gasteiger partial charge in [-0.3, -0.25) is 19.3 Å². The molecule has 1 fully saturated rings. The van der Waals surface area contributed by atoms with Crippen LogP contribution in [0.1, 0.15) is 29.6 Å². The van der Waals surface area contributed by atoms with Crippen LogP contribution in [0.4, 0.5) is 0 Å². The normalized spacial score (nSPS) is 14.7. The molecule has 1 aromatic rings. The van der Waals surface area contributed by atoms with E-state index in [2.05, 4.69) is 21.2 Å². The van der Waals surface area contributed by atoms with Crippen molar-refractivity contribution < 1.29 is 19.1 Å². The molecule has 1 aliphatic rings. The molecule has 1 saturated heterocycles. The zero-order valence-corrected chi connectivity index (χ0v) is 17.9. The zero-order chi connectivity index (χ0) is 20.4. The number of halogens is 1. The first-order chi connectivity index (χ1) is 13.5. The van der Waals surface area contributed by atoms with Gasteiger partial charge in [0.25, 0.3) is 0 Å². The molecule has 0 aromatic heterocycles. The third-order valence-electron chi connectivity index (χ3n) is 4.67. The molecule has 0 atom stereocenters. The predicted octanol–water partition coefficient (Wildman–Crippen LogP) is 1.71. The monoisotopic (exact) mass is 453 g/mol. The Balaban J connectivity index is 1.65. The van der Waals surface area contributed by atoms with Crippen LogP contribution in [-0.4, -0.2) is 80.4 Å². The van der Waals surface area contributed by atoms with E-state index in [1.54, 1.807) is 24.1 Å². The summed E-state index contributed by atoms with van der Waals surface area (Å²) in [6, 6.07) is 7.16. The number of benzene rings is 1. The van der Waals surface area contributed by atoms with Gasteiger partial charge in [0.15, 0.2) is 5.78 Å². The molecule has 1 N–H and O–H groups in total. The number of carbonyl (C=O) groups is 3. The van der Waals surface area contributed by atoms with Crippen molar-refractivity contribution in [2.45, 2.75) is 19.3 Å². The smallest absolute Gasteiger partial charge is 0.234 e. The summed E-state index contributed by atoms with van der Waals surface area (Å²) in [6.45, 7) is 4.08. The molecular weight excluding hydrogens is 426 g/mol. The van der Waals surface area contributed by atoms with E-state index >= 15 is 0 Å². The van der Waals surface area contributed by atoms with Crippen LogP contribution < -0.4 is 5.32 Å². The molecule has 1 heterocycles. The average molecular weight is 454 g/mol. The molecule has 1 aliphatic heterocycles. The molecule has 0 bridgehead atoms. The molecule has 0 spiro atoms. The number of hydrogen-bond donors (Lipinski definition) is 1. The van der Waals surface area contributed by atoms with Gasteiger partial charge in [0.2, 0.25) is 11.8 Å². The average Bonchev–Trinajstić information content (AvgIpc) is 2.70. The Kier molecular flexibility index (Phi) is 9.60. The highest BCUT2D eigenvalue weighted by molar-refractivity contribution is 9.10. The van der Waals surface area contributed by atoms with Crippen LogP contribution in [0.5, 0.6) is 0 Å². The van der Waals surface area contributed by atoms with Gasteiger partial charge in [0, 0.05) is 69.3 Å². The second-order valence-electron chi connectivity index (χ2n) is 6.78. The molecule has 1 aromatic carbocycles. The van der Waals surface area contributed by atoms with E-state index in [4.69, 9.17) is 4.74 Å². The number of ketones is 1. The summed E-state index contributed by atoms with van der Waals surface area (Å²) >= 11 is 3.34. The Morgan fingerprint density at radius 1 is 1.07 bits per heavy atom. The van der Waals surface area contributed by atoms with Crippen LogP contribution in [0, 0.1) is 0 Å². The minimum atomic E-state index is -0.0235. The first-order valence-corrected chi connectivity index (χ1v) is 10.3. The fourth-order valence-corrected chi connectivity index (χ4v) is 3.28. The number of carbonyl (C=O) groups excluding carboxylic acids is 3. The maximum absolute atomic E-state index is 12.4. The fraction of sp³-hybridized carbons (Fsp3) is 0.550. The van der Waals surface area contributed by atoms with Crippen LogP contribution in [0.3, 0.4) is 0 Å². The van der Waals surface area contributed by atoms with E-state index in [1.165, 1.54) is 0 Å². The van der Waals surface area contributed by atoms with E-state index in [-0.39, 0.29) is 30.4 Å². The van der Waals surface area contributed by atoms with Crippen molar-refractivity contribution in [3.63, 3.8) is 0 Å². The summed E-state index contributed by atoms with van der Waals surface area (Å²) in [5.41, 5.74) is 0.623. The molecule has 7 nitrogen and oxygen atoms in total. The van der Waals surface area contributed by atoms with E-state index in [0.717, 1.165) is 10.9 Å². The molecule has 0 saturated carbocycles. The first-order valence-electron chi connectivity index (χ1n) is 9.54. The SMILES string of the molecule is COCCCNC(=O)CN1CCN(C(=O)CCC(=O)c2ccc(Br)cc2)CC1. The summed E-state index contributed by atoms with van der Waals surface area (Å²) in [6.07, 6.45) is 1.23. The maximum atomic E-state index is 12.4. The van der Waals surface area contributed by atoms with Gasteiger partial charge in [-0.05, 0) is 18.6 Å². The number of hydrogen-bond acceptors (Lipinski definition) is 5. The number of methoxy groups -OCH3 is 1. The lowest BCUT2D eigenvalue weighted by atomic mass is 10.1. The fourth-order valence-electron chi connectivity index (χ4n) is 3.02. The number of amides is 2. The van der Waals surface area contributed by atoms with Gasteiger partial charge in [0.05, 0.1) is 6.54 Å². The number of nitrogens with one attached hydrogen (secondary N) is 1.